The summed E-state index contributed by atoms with van der Waals surface area (Å²) >= 11 is 0. The molecule has 0 aliphatic carbocycles. The van der Waals surface area contributed by atoms with Crippen LogP contribution in [0.3, 0.4) is 0 Å². The Kier molecular flexibility index (Phi) is 3.78. The summed E-state index contributed by atoms with van der Waals surface area (Å²) in [7, 11) is 0. The number of carbonyl (C=O) groups is 1. The molecule has 0 unspecified atom stereocenters. The number of carbonyl (C=O) groups excluding carboxylic acids is 1. The van der Waals surface area contributed by atoms with Gasteiger partial charge in [-0.1, -0.05) is 18.2 Å². The number of para-hydroxylation sites is 1. The molecule has 1 aromatic carbocycles. The molecule has 0 N–H and O–H groups in total. The van der Waals surface area contributed by atoms with Gasteiger partial charge in [-0.2, -0.15) is 0 Å². The molecular weight excluding hydrogens is 334 g/mol. The number of hydrogen-bond donors (Lipinski definition) is 0. The Morgan fingerprint density at radius 2 is 1.52 bits per heavy atom. The predicted molar refractivity (Wildman–Crippen MR) is 105 cm³/mol. The number of aryl methyl sites for hydroxylation is 1. The fourth-order valence-electron chi connectivity index (χ4n) is 4.72. The molecule has 1 amide bonds. The number of hydrogen-bond acceptors (Lipinski definition) is 3. The van der Waals surface area contributed by atoms with Crippen molar-refractivity contribution in [1.82, 2.24) is 9.97 Å². The van der Waals surface area contributed by atoms with Crippen molar-refractivity contribution in [2.24, 2.45) is 0 Å². The third kappa shape index (κ3) is 2.55. The first-order valence-electron chi connectivity index (χ1n) is 9.50. The molecule has 0 saturated carbocycles. The van der Waals surface area contributed by atoms with Crippen molar-refractivity contribution < 1.29 is 4.79 Å². The van der Waals surface area contributed by atoms with E-state index >= 15 is 0 Å². The van der Waals surface area contributed by atoms with Crippen LogP contribution in [0, 0.1) is 0 Å². The average Bonchev–Trinajstić information content (AvgIpc) is 2.95. The third-order valence-electron chi connectivity index (χ3n) is 5.90. The van der Waals surface area contributed by atoms with Crippen LogP contribution in [0.15, 0.2) is 67.3 Å². The van der Waals surface area contributed by atoms with Crippen molar-refractivity contribution in [2.75, 3.05) is 11.4 Å². The molecule has 0 saturated heterocycles. The van der Waals surface area contributed by atoms with Crippen molar-refractivity contribution in [3.63, 3.8) is 0 Å². The number of anilines is 1. The van der Waals surface area contributed by atoms with Crippen molar-refractivity contribution >= 4 is 11.6 Å². The molecule has 0 atom stereocenters. The Morgan fingerprint density at radius 1 is 0.889 bits per heavy atom. The lowest BCUT2D eigenvalue weighted by Crippen LogP contribution is -2.44. The van der Waals surface area contributed by atoms with Gasteiger partial charge in [0.25, 0.3) is 0 Å². The Bertz CT molecular complexity index is 944. The smallest absolute Gasteiger partial charge is 0.238 e. The predicted octanol–water partition coefficient (Wildman–Crippen LogP) is 3.49. The summed E-state index contributed by atoms with van der Waals surface area (Å²) in [6.45, 7) is 0.817. The Balaban J connectivity index is 1.69. The molecule has 2 aliphatic heterocycles. The Hall–Kier alpha value is -3.01. The number of rotatable bonds is 4. The summed E-state index contributed by atoms with van der Waals surface area (Å²) < 4.78 is 0. The van der Waals surface area contributed by atoms with Gasteiger partial charge in [0.05, 0.1) is 11.1 Å². The van der Waals surface area contributed by atoms with E-state index in [4.69, 9.17) is 0 Å². The zero-order valence-electron chi connectivity index (χ0n) is 15.1. The van der Waals surface area contributed by atoms with E-state index in [0.717, 1.165) is 36.2 Å². The minimum absolute atomic E-state index is 0.235. The van der Waals surface area contributed by atoms with E-state index in [1.807, 2.05) is 54.0 Å². The van der Waals surface area contributed by atoms with Crippen LogP contribution in [0.1, 0.15) is 28.7 Å². The standard InChI is InChI=1S/C23H21N3O/c27-22-23(15-17-6-10-24-11-7-17,16-18-8-12-25-13-9-18)20-5-1-3-19-4-2-14-26(22)21(19)20/h1,3,5-13H,2,4,14-16H2. The highest BCUT2D eigenvalue weighted by atomic mass is 16.2. The Labute approximate surface area is 158 Å². The van der Waals surface area contributed by atoms with Crippen LogP contribution in [-0.2, 0) is 29.5 Å². The van der Waals surface area contributed by atoms with Gasteiger partial charge in [-0.15, -0.1) is 0 Å². The van der Waals surface area contributed by atoms with Crippen LogP contribution in [0.2, 0.25) is 0 Å². The maximum Gasteiger partial charge on any atom is 0.238 e. The van der Waals surface area contributed by atoms with Gasteiger partial charge in [-0.05, 0) is 72.2 Å². The van der Waals surface area contributed by atoms with E-state index in [0.29, 0.717) is 12.8 Å². The first kappa shape index (κ1) is 16.2. The van der Waals surface area contributed by atoms with Gasteiger partial charge in [0.2, 0.25) is 5.91 Å². The van der Waals surface area contributed by atoms with E-state index in [2.05, 4.69) is 28.2 Å². The molecule has 4 nitrogen and oxygen atoms in total. The SMILES string of the molecule is O=C1N2CCCc3cccc(c32)C1(Cc1ccncc1)Cc1ccncc1. The zero-order valence-corrected chi connectivity index (χ0v) is 15.1. The molecule has 3 aromatic rings. The lowest BCUT2D eigenvalue weighted by Gasteiger charge is -2.29. The van der Waals surface area contributed by atoms with Gasteiger partial charge in [-0.3, -0.25) is 14.8 Å². The summed E-state index contributed by atoms with van der Waals surface area (Å²) in [5.41, 5.74) is 5.36. The van der Waals surface area contributed by atoms with Crippen LogP contribution in [0.25, 0.3) is 0 Å². The molecule has 2 aromatic heterocycles. The second-order valence-corrected chi connectivity index (χ2v) is 7.52. The van der Waals surface area contributed by atoms with E-state index in [1.165, 1.54) is 11.1 Å². The van der Waals surface area contributed by atoms with Gasteiger partial charge in [0.15, 0.2) is 0 Å². The highest BCUT2D eigenvalue weighted by Crippen LogP contribution is 2.49. The fraction of sp³-hybridized carbons (Fsp3) is 0.261. The van der Waals surface area contributed by atoms with E-state index < -0.39 is 5.41 Å². The van der Waals surface area contributed by atoms with E-state index in [-0.39, 0.29) is 5.91 Å². The molecule has 0 radical (unpaired) electrons. The zero-order chi connectivity index (χ0) is 18.3. The number of amides is 1. The summed E-state index contributed by atoms with van der Waals surface area (Å²) in [6.07, 6.45) is 10.7. The Morgan fingerprint density at radius 3 is 2.15 bits per heavy atom. The normalized spacial score (nSPS) is 17.0. The molecule has 4 heteroatoms. The van der Waals surface area contributed by atoms with Crippen molar-refractivity contribution in [3.05, 3.63) is 89.5 Å². The first-order valence-corrected chi connectivity index (χ1v) is 9.50. The monoisotopic (exact) mass is 355 g/mol. The largest absolute Gasteiger partial charge is 0.311 e. The van der Waals surface area contributed by atoms with Gasteiger partial charge in [0, 0.05) is 31.3 Å². The molecule has 2 aliphatic rings. The third-order valence-corrected chi connectivity index (χ3v) is 5.90. The molecule has 0 spiro atoms. The maximum atomic E-state index is 13.8. The number of nitrogens with zero attached hydrogens (tertiary/aromatic N) is 3. The molecule has 0 bridgehead atoms. The summed E-state index contributed by atoms with van der Waals surface area (Å²) in [5, 5.41) is 0. The lowest BCUT2D eigenvalue weighted by molar-refractivity contribution is -0.123. The highest BCUT2D eigenvalue weighted by molar-refractivity contribution is 6.09. The first-order chi connectivity index (χ1) is 13.3. The quantitative estimate of drug-likeness (QED) is 0.720. The lowest BCUT2D eigenvalue weighted by atomic mass is 9.72. The second-order valence-electron chi connectivity index (χ2n) is 7.52. The summed E-state index contributed by atoms with van der Waals surface area (Å²) in [4.78, 5) is 24.1. The molecule has 4 heterocycles. The maximum absolute atomic E-state index is 13.8. The van der Waals surface area contributed by atoms with Gasteiger partial charge in [-0.25, -0.2) is 0 Å². The topological polar surface area (TPSA) is 46.1 Å². The van der Waals surface area contributed by atoms with Crippen LogP contribution < -0.4 is 4.90 Å². The van der Waals surface area contributed by atoms with Crippen molar-refractivity contribution in [1.29, 1.82) is 0 Å². The molecular formula is C23H21N3O. The van der Waals surface area contributed by atoms with Crippen LogP contribution in [0.4, 0.5) is 5.69 Å². The summed E-state index contributed by atoms with van der Waals surface area (Å²) in [5.74, 6) is 0.235. The van der Waals surface area contributed by atoms with E-state index in [9.17, 15) is 4.79 Å². The number of pyridine rings is 2. The number of benzene rings is 1. The molecule has 134 valence electrons. The minimum atomic E-state index is -0.571. The van der Waals surface area contributed by atoms with Gasteiger partial charge < -0.3 is 4.90 Å². The van der Waals surface area contributed by atoms with Crippen molar-refractivity contribution in [3.8, 4) is 0 Å². The van der Waals surface area contributed by atoms with Gasteiger partial charge in [0.1, 0.15) is 0 Å². The van der Waals surface area contributed by atoms with E-state index in [1.54, 1.807) is 0 Å². The summed E-state index contributed by atoms with van der Waals surface area (Å²) in [6, 6.07) is 14.5. The molecule has 5 rings (SSSR count). The minimum Gasteiger partial charge on any atom is -0.311 e. The average molecular weight is 355 g/mol. The fourth-order valence-corrected chi connectivity index (χ4v) is 4.72. The van der Waals surface area contributed by atoms with Crippen molar-refractivity contribution in [2.45, 2.75) is 31.1 Å². The van der Waals surface area contributed by atoms with Gasteiger partial charge >= 0.3 is 0 Å². The van der Waals surface area contributed by atoms with Crippen LogP contribution in [0.5, 0.6) is 0 Å². The molecule has 0 fully saturated rings. The highest BCUT2D eigenvalue weighted by Gasteiger charge is 2.51. The van der Waals surface area contributed by atoms with Crippen LogP contribution >= 0.6 is 0 Å². The number of aromatic nitrogens is 2. The molecule has 27 heavy (non-hydrogen) atoms. The second kappa shape index (κ2) is 6.31. The van der Waals surface area contributed by atoms with Crippen LogP contribution in [-0.4, -0.2) is 22.4 Å².